The maximum absolute atomic E-state index is 11.9. The molecule has 1 saturated carbocycles. The van der Waals surface area contributed by atoms with Crippen LogP contribution < -0.4 is 5.32 Å². The normalized spacial score (nSPS) is 32.7. The molecule has 2 heterocycles. The Morgan fingerprint density at radius 2 is 2.00 bits per heavy atom. The highest BCUT2D eigenvalue weighted by atomic mass is 16.1. The summed E-state index contributed by atoms with van der Waals surface area (Å²) in [4.78, 5) is 15.9. The molecule has 0 aromatic carbocycles. The minimum atomic E-state index is 0.246. The second-order valence-electron chi connectivity index (χ2n) is 5.24. The number of carbonyl (C=O) groups is 1. The van der Waals surface area contributed by atoms with Crippen LogP contribution in [0.2, 0.25) is 0 Å². The highest BCUT2D eigenvalue weighted by Crippen LogP contribution is 2.41. The minimum Gasteiger partial charge on any atom is -0.356 e. The summed E-state index contributed by atoms with van der Waals surface area (Å²) in [7, 11) is 0. The van der Waals surface area contributed by atoms with Gasteiger partial charge in [-0.05, 0) is 55.2 Å². The van der Waals surface area contributed by atoms with Crippen molar-refractivity contribution in [3.8, 4) is 0 Å². The molecule has 3 heteroatoms. The van der Waals surface area contributed by atoms with Gasteiger partial charge in [-0.25, -0.2) is 0 Å². The van der Waals surface area contributed by atoms with Gasteiger partial charge in [-0.3, -0.25) is 9.78 Å². The van der Waals surface area contributed by atoms with Crippen molar-refractivity contribution in [3.63, 3.8) is 0 Å². The molecular formula is C14H18N2O. The fourth-order valence-corrected chi connectivity index (χ4v) is 3.35. The number of hydrogen-bond donors (Lipinski definition) is 1. The lowest BCUT2D eigenvalue weighted by Gasteiger charge is -2.38. The first-order valence-electron chi connectivity index (χ1n) is 6.52. The van der Waals surface area contributed by atoms with Gasteiger partial charge in [-0.2, -0.15) is 0 Å². The van der Waals surface area contributed by atoms with Gasteiger partial charge in [0, 0.05) is 24.9 Å². The van der Waals surface area contributed by atoms with Gasteiger partial charge < -0.3 is 5.32 Å². The zero-order valence-corrected chi connectivity index (χ0v) is 9.93. The third-order valence-electron chi connectivity index (χ3n) is 4.32. The molecule has 2 fully saturated rings. The molecule has 1 amide bonds. The van der Waals surface area contributed by atoms with Gasteiger partial charge in [0.05, 0.1) is 0 Å². The lowest BCUT2D eigenvalue weighted by molar-refractivity contribution is -0.130. The van der Waals surface area contributed by atoms with Crippen LogP contribution in [0.3, 0.4) is 0 Å². The lowest BCUT2D eigenvalue weighted by atomic mass is 9.69. The Labute approximate surface area is 102 Å². The van der Waals surface area contributed by atoms with E-state index < -0.39 is 0 Å². The van der Waals surface area contributed by atoms with Gasteiger partial charge in [0.15, 0.2) is 0 Å². The molecule has 1 aliphatic heterocycles. The van der Waals surface area contributed by atoms with Crippen LogP contribution in [0.1, 0.15) is 37.2 Å². The lowest BCUT2D eigenvalue weighted by Crippen LogP contribution is -2.44. The van der Waals surface area contributed by atoms with E-state index in [-0.39, 0.29) is 11.8 Å². The summed E-state index contributed by atoms with van der Waals surface area (Å²) in [6.07, 6.45) is 8.30. The topological polar surface area (TPSA) is 42.0 Å². The van der Waals surface area contributed by atoms with Crippen molar-refractivity contribution in [1.82, 2.24) is 10.3 Å². The number of carbonyl (C=O) groups excluding carboxylic acids is 1. The summed E-state index contributed by atoms with van der Waals surface area (Å²) < 4.78 is 0. The Morgan fingerprint density at radius 1 is 1.18 bits per heavy atom. The van der Waals surface area contributed by atoms with E-state index in [9.17, 15) is 4.79 Å². The first kappa shape index (κ1) is 10.8. The largest absolute Gasteiger partial charge is 0.356 e. The van der Waals surface area contributed by atoms with E-state index in [0.29, 0.717) is 11.8 Å². The quantitative estimate of drug-likeness (QED) is 0.802. The van der Waals surface area contributed by atoms with Crippen molar-refractivity contribution in [1.29, 1.82) is 0 Å². The van der Waals surface area contributed by atoms with Gasteiger partial charge in [0.25, 0.3) is 0 Å². The van der Waals surface area contributed by atoms with Gasteiger partial charge in [-0.15, -0.1) is 0 Å². The molecule has 2 aliphatic rings. The second-order valence-corrected chi connectivity index (χ2v) is 5.24. The Hall–Kier alpha value is -1.38. The first-order valence-corrected chi connectivity index (χ1v) is 6.52. The van der Waals surface area contributed by atoms with E-state index in [2.05, 4.69) is 22.4 Å². The molecule has 3 rings (SSSR count). The zero-order chi connectivity index (χ0) is 11.7. The minimum absolute atomic E-state index is 0.246. The summed E-state index contributed by atoms with van der Waals surface area (Å²) in [6, 6.07) is 4.18. The van der Waals surface area contributed by atoms with Gasteiger partial charge in [0.2, 0.25) is 5.91 Å². The van der Waals surface area contributed by atoms with Crippen LogP contribution in [0.15, 0.2) is 24.5 Å². The van der Waals surface area contributed by atoms with Crippen LogP contribution in [0.25, 0.3) is 0 Å². The van der Waals surface area contributed by atoms with Crippen LogP contribution in [0, 0.1) is 11.8 Å². The van der Waals surface area contributed by atoms with E-state index in [0.717, 1.165) is 13.0 Å². The van der Waals surface area contributed by atoms with E-state index in [4.69, 9.17) is 0 Å². The van der Waals surface area contributed by atoms with Crippen molar-refractivity contribution >= 4 is 5.91 Å². The standard InChI is InChI=1S/C14H18N2O/c17-14-13-9-12(10-3-6-15-7-4-10)2-1-11(13)5-8-16-14/h3-4,6-7,11-13H,1-2,5,8-9H2,(H,16,17). The van der Waals surface area contributed by atoms with E-state index in [1.165, 1.54) is 24.8 Å². The Balaban J connectivity index is 1.76. The molecule has 3 unspecified atom stereocenters. The molecule has 3 atom stereocenters. The maximum atomic E-state index is 11.9. The van der Waals surface area contributed by atoms with E-state index in [1.54, 1.807) is 0 Å². The molecule has 90 valence electrons. The Bertz CT molecular complexity index is 404. The molecule has 17 heavy (non-hydrogen) atoms. The smallest absolute Gasteiger partial charge is 0.223 e. The van der Waals surface area contributed by atoms with Crippen molar-refractivity contribution in [2.45, 2.75) is 31.6 Å². The highest BCUT2D eigenvalue weighted by molar-refractivity contribution is 5.79. The van der Waals surface area contributed by atoms with E-state index in [1.807, 2.05) is 12.4 Å². The maximum Gasteiger partial charge on any atom is 0.223 e. The van der Waals surface area contributed by atoms with Crippen molar-refractivity contribution in [2.75, 3.05) is 6.54 Å². The average molecular weight is 230 g/mol. The number of amides is 1. The monoisotopic (exact) mass is 230 g/mol. The van der Waals surface area contributed by atoms with Gasteiger partial charge in [0.1, 0.15) is 0 Å². The van der Waals surface area contributed by atoms with Crippen LogP contribution in [-0.4, -0.2) is 17.4 Å². The molecule has 1 aromatic rings. The molecule has 1 saturated heterocycles. The fourth-order valence-electron chi connectivity index (χ4n) is 3.35. The number of nitrogens with one attached hydrogen (secondary N) is 1. The molecule has 3 nitrogen and oxygen atoms in total. The molecule has 0 radical (unpaired) electrons. The number of aromatic nitrogens is 1. The third-order valence-corrected chi connectivity index (χ3v) is 4.32. The van der Waals surface area contributed by atoms with Crippen molar-refractivity contribution in [2.24, 2.45) is 11.8 Å². The van der Waals surface area contributed by atoms with Crippen LogP contribution in [0.4, 0.5) is 0 Å². The van der Waals surface area contributed by atoms with Crippen molar-refractivity contribution in [3.05, 3.63) is 30.1 Å². The number of hydrogen-bond acceptors (Lipinski definition) is 2. The molecule has 0 spiro atoms. The SMILES string of the molecule is O=C1NCCC2CCC(c3ccncc3)CC12. The van der Waals surface area contributed by atoms with E-state index >= 15 is 0 Å². The first-order chi connectivity index (χ1) is 8.34. The van der Waals surface area contributed by atoms with Crippen LogP contribution in [0.5, 0.6) is 0 Å². The fraction of sp³-hybridized carbons (Fsp3) is 0.571. The molecular weight excluding hydrogens is 212 g/mol. The third kappa shape index (κ3) is 2.06. The highest BCUT2D eigenvalue weighted by Gasteiger charge is 2.37. The number of nitrogens with zero attached hydrogens (tertiary/aromatic N) is 1. The number of pyridine rings is 1. The van der Waals surface area contributed by atoms with Crippen molar-refractivity contribution < 1.29 is 4.79 Å². The number of piperidine rings is 1. The second kappa shape index (κ2) is 4.47. The molecule has 0 bridgehead atoms. The van der Waals surface area contributed by atoms with Crippen LogP contribution >= 0.6 is 0 Å². The number of fused-ring (bicyclic) bond motifs is 1. The Kier molecular flexibility index (Phi) is 2.83. The summed E-state index contributed by atoms with van der Waals surface area (Å²) in [5, 5.41) is 3.00. The molecule has 1 aromatic heterocycles. The van der Waals surface area contributed by atoms with Crippen LogP contribution in [-0.2, 0) is 4.79 Å². The predicted molar refractivity (Wildman–Crippen MR) is 65.4 cm³/mol. The predicted octanol–water partition coefficient (Wildman–Crippen LogP) is 2.10. The summed E-state index contributed by atoms with van der Waals surface area (Å²) in [6.45, 7) is 0.875. The number of rotatable bonds is 1. The summed E-state index contributed by atoms with van der Waals surface area (Å²) >= 11 is 0. The molecule has 1 aliphatic carbocycles. The summed E-state index contributed by atoms with van der Waals surface area (Å²) in [5.41, 5.74) is 1.34. The Morgan fingerprint density at radius 3 is 2.82 bits per heavy atom. The van der Waals surface area contributed by atoms with Gasteiger partial charge >= 0.3 is 0 Å². The zero-order valence-electron chi connectivity index (χ0n) is 9.93. The molecule has 1 N–H and O–H groups in total. The summed E-state index contributed by atoms with van der Waals surface area (Å²) in [5.74, 6) is 1.70. The average Bonchev–Trinajstić information content (AvgIpc) is 2.40. The van der Waals surface area contributed by atoms with Gasteiger partial charge in [-0.1, -0.05) is 0 Å².